The van der Waals surface area contributed by atoms with Gasteiger partial charge in [0, 0.05) is 31.6 Å². The van der Waals surface area contributed by atoms with Crippen molar-refractivity contribution in [3.8, 4) is 0 Å². The number of nitrogens with zero attached hydrogens (tertiary/aromatic N) is 2. The van der Waals surface area contributed by atoms with Crippen molar-refractivity contribution in [2.75, 3.05) is 26.2 Å². The Bertz CT molecular complexity index is 439. The van der Waals surface area contributed by atoms with Gasteiger partial charge in [0.1, 0.15) is 0 Å². The number of nitrogens with two attached hydrogens (primary N) is 1. The van der Waals surface area contributed by atoms with Gasteiger partial charge in [-0.3, -0.25) is 9.59 Å². The van der Waals surface area contributed by atoms with E-state index >= 15 is 0 Å². The normalized spacial score (nSPS) is 17.4. The van der Waals surface area contributed by atoms with Crippen LogP contribution in [-0.4, -0.2) is 53.8 Å². The fraction of sp³-hybridized carbons (Fsp3) is 0.538. The van der Waals surface area contributed by atoms with E-state index in [-0.39, 0.29) is 11.8 Å². The van der Waals surface area contributed by atoms with Crippen LogP contribution in [0.15, 0.2) is 16.8 Å². The van der Waals surface area contributed by atoms with E-state index < -0.39 is 6.04 Å². The summed E-state index contributed by atoms with van der Waals surface area (Å²) in [6.07, 6.45) is 0.646. The minimum Gasteiger partial charge on any atom is -0.338 e. The van der Waals surface area contributed by atoms with Gasteiger partial charge in [0.05, 0.1) is 11.6 Å². The SMILES string of the molecule is CC[C@@H](N)C(=O)N1CCN(C(=O)c2ccsc2)CC1. The van der Waals surface area contributed by atoms with E-state index in [9.17, 15) is 9.59 Å². The van der Waals surface area contributed by atoms with E-state index in [1.165, 1.54) is 11.3 Å². The quantitative estimate of drug-likeness (QED) is 0.890. The van der Waals surface area contributed by atoms with Crippen molar-refractivity contribution < 1.29 is 9.59 Å². The number of amides is 2. The maximum Gasteiger partial charge on any atom is 0.254 e. The van der Waals surface area contributed by atoms with Crippen LogP contribution < -0.4 is 5.73 Å². The van der Waals surface area contributed by atoms with Crippen molar-refractivity contribution in [1.82, 2.24) is 9.80 Å². The molecule has 0 aliphatic carbocycles. The van der Waals surface area contributed by atoms with Crippen LogP contribution in [0, 0.1) is 0 Å². The lowest BCUT2D eigenvalue weighted by Gasteiger charge is -2.35. The highest BCUT2D eigenvalue weighted by molar-refractivity contribution is 7.08. The summed E-state index contributed by atoms with van der Waals surface area (Å²) < 4.78 is 0. The van der Waals surface area contributed by atoms with Crippen molar-refractivity contribution >= 4 is 23.2 Å². The summed E-state index contributed by atoms with van der Waals surface area (Å²) in [5, 5.41) is 3.75. The molecule has 0 bridgehead atoms. The number of piperazine rings is 1. The van der Waals surface area contributed by atoms with Gasteiger partial charge in [0.25, 0.3) is 5.91 Å². The molecule has 1 atom stereocenters. The molecule has 1 aliphatic heterocycles. The Kier molecular flexibility index (Phi) is 4.55. The highest BCUT2D eigenvalue weighted by Gasteiger charge is 2.26. The molecule has 5 nitrogen and oxygen atoms in total. The van der Waals surface area contributed by atoms with Crippen LogP contribution in [0.3, 0.4) is 0 Å². The molecule has 2 N–H and O–H groups in total. The van der Waals surface area contributed by atoms with Gasteiger partial charge in [-0.2, -0.15) is 11.3 Å². The summed E-state index contributed by atoms with van der Waals surface area (Å²) in [5.74, 6) is 0.0401. The first-order chi connectivity index (χ1) is 9.13. The van der Waals surface area contributed by atoms with Gasteiger partial charge in [-0.05, 0) is 17.9 Å². The summed E-state index contributed by atoms with van der Waals surface area (Å²) in [6, 6.07) is 1.41. The van der Waals surface area contributed by atoms with E-state index in [0.717, 1.165) is 5.56 Å². The molecule has 2 heterocycles. The predicted molar refractivity (Wildman–Crippen MR) is 75.1 cm³/mol. The number of carbonyl (C=O) groups is 2. The number of rotatable bonds is 3. The lowest BCUT2D eigenvalue weighted by atomic mass is 10.2. The van der Waals surface area contributed by atoms with E-state index in [2.05, 4.69) is 0 Å². The van der Waals surface area contributed by atoms with E-state index in [4.69, 9.17) is 5.73 Å². The lowest BCUT2D eigenvalue weighted by molar-refractivity contribution is -0.134. The second-order valence-electron chi connectivity index (χ2n) is 4.64. The summed E-state index contributed by atoms with van der Waals surface area (Å²) in [6.45, 7) is 4.21. The summed E-state index contributed by atoms with van der Waals surface area (Å²) in [7, 11) is 0. The van der Waals surface area contributed by atoms with E-state index in [1.54, 1.807) is 9.80 Å². The first-order valence-electron chi connectivity index (χ1n) is 6.49. The number of thiophene rings is 1. The second kappa shape index (κ2) is 6.16. The molecule has 1 aliphatic rings. The van der Waals surface area contributed by atoms with Crippen molar-refractivity contribution in [3.63, 3.8) is 0 Å². The van der Waals surface area contributed by atoms with Crippen LogP contribution in [0.5, 0.6) is 0 Å². The Morgan fingerprint density at radius 3 is 2.47 bits per heavy atom. The molecule has 2 rings (SSSR count). The Labute approximate surface area is 117 Å². The molecule has 0 unspecified atom stereocenters. The average molecular weight is 281 g/mol. The monoisotopic (exact) mass is 281 g/mol. The molecular formula is C13H19N3O2S. The molecule has 0 saturated carbocycles. The molecule has 19 heavy (non-hydrogen) atoms. The smallest absolute Gasteiger partial charge is 0.254 e. The van der Waals surface area contributed by atoms with Crippen LogP contribution in [-0.2, 0) is 4.79 Å². The Hall–Kier alpha value is -1.40. The highest BCUT2D eigenvalue weighted by Crippen LogP contribution is 2.12. The van der Waals surface area contributed by atoms with Crippen molar-refractivity contribution in [1.29, 1.82) is 0 Å². The Balaban J connectivity index is 1.89. The van der Waals surface area contributed by atoms with Gasteiger partial charge in [0.2, 0.25) is 5.91 Å². The lowest BCUT2D eigenvalue weighted by Crippen LogP contribution is -2.54. The fourth-order valence-corrected chi connectivity index (χ4v) is 2.74. The van der Waals surface area contributed by atoms with Gasteiger partial charge < -0.3 is 15.5 Å². The average Bonchev–Trinajstić information content (AvgIpc) is 2.99. The molecule has 6 heteroatoms. The number of hydrogen-bond donors (Lipinski definition) is 1. The van der Waals surface area contributed by atoms with E-state index in [1.807, 2.05) is 23.8 Å². The van der Waals surface area contributed by atoms with Gasteiger partial charge in [-0.25, -0.2) is 0 Å². The minimum atomic E-state index is -0.417. The number of carbonyl (C=O) groups excluding carboxylic acids is 2. The van der Waals surface area contributed by atoms with Crippen molar-refractivity contribution in [2.24, 2.45) is 5.73 Å². The number of hydrogen-bond acceptors (Lipinski definition) is 4. The molecule has 1 fully saturated rings. The Morgan fingerprint density at radius 2 is 1.95 bits per heavy atom. The molecule has 1 aromatic rings. The molecule has 0 aromatic carbocycles. The van der Waals surface area contributed by atoms with Gasteiger partial charge in [-0.1, -0.05) is 6.92 Å². The van der Waals surface area contributed by atoms with Gasteiger partial charge in [-0.15, -0.1) is 0 Å². The standard InChI is InChI=1S/C13H19N3O2S/c1-2-11(14)13(18)16-6-4-15(5-7-16)12(17)10-3-8-19-9-10/h3,8-9,11H,2,4-7,14H2,1H3/t11-/m1/s1. The second-order valence-corrected chi connectivity index (χ2v) is 5.42. The highest BCUT2D eigenvalue weighted by atomic mass is 32.1. The zero-order chi connectivity index (χ0) is 13.8. The van der Waals surface area contributed by atoms with Gasteiger partial charge >= 0.3 is 0 Å². The molecule has 1 saturated heterocycles. The molecular weight excluding hydrogens is 262 g/mol. The third-order valence-electron chi connectivity index (χ3n) is 3.40. The maximum atomic E-state index is 12.1. The molecule has 104 valence electrons. The summed E-state index contributed by atoms with van der Waals surface area (Å²) in [4.78, 5) is 27.6. The van der Waals surface area contributed by atoms with Crippen molar-refractivity contribution in [2.45, 2.75) is 19.4 Å². The van der Waals surface area contributed by atoms with Crippen molar-refractivity contribution in [3.05, 3.63) is 22.4 Å². The topological polar surface area (TPSA) is 66.6 Å². The zero-order valence-corrected chi connectivity index (χ0v) is 11.9. The zero-order valence-electron chi connectivity index (χ0n) is 11.0. The van der Waals surface area contributed by atoms with Crippen LogP contribution in [0.1, 0.15) is 23.7 Å². The Morgan fingerprint density at radius 1 is 1.32 bits per heavy atom. The third kappa shape index (κ3) is 3.13. The van der Waals surface area contributed by atoms with Crippen LogP contribution >= 0.6 is 11.3 Å². The molecule has 0 spiro atoms. The summed E-state index contributed by atoms with van der Waals surface area (Å²) in [5.41, 5.74) is 6.48. The van der Waals surface area contributed by atoms with Crippen LogP contribution in [0.2, 0.25) is 0 Å². The van der Waals surface area contributed by atoms with E-state index in [0.29, 0.717) is 32.6 Å². The fourth-order valence-electron chi connectivity index (χ4n) is 2.11. The van der Waals surface area contributed by atoms with Crippen LogP contribution in [0.25, 0.3) is 0 Å². The maximum absolute atomic E-state index is 12.1. The molecule has 0 radical (unpaired) electrons. The first kappa shape index (κ1) is 14.0. The summed E-state index contributed by atoms with van der Waals surface area (Å²) >= 11 is 1.52. The predicted octanol–water partition coefficient (Wildman–Crippen LogP) is 0.770. The van der Waals surface area contributed by atoms with Gasteiger partial charge in [0.15, 0.2) is 0 Å². The third-order valence-corrected chi connectivity index (χ3v) is 4.09. The first-order valence-corrected chi connectivity index (χ1v) is 7.43. The van der Waals surface area contributed by atoms with Crippen LogP contribution in [0.4, 0.5) is 0 Å². The largest absolute Gasteiger partial charge is 0.338 e. The minimum absolute atomic E-state index is 0.00914. The molecule has 1 aromatic heterocycles. The molecule has 2 amide bonds.